The molecule has 0 saturated carbocycles. The van der Waals surface area contributed by atoms with Gasteiger partial charge in [-0.1, -0.05) is 0 Å². The Hall–Kier alpha value is -0.220. The van der Waals surface area contributed by atoms with Crippen molar-refractivity contribution in [1.82, 2.24) is 5.32 Å². The van der Waals surface area contributed by atoms with Crippen LogP contribution < -0.4 is 5.32 Å². The fourth-order valence-corrected chi connectivity index (χ4v) is 2.53. The van der Waals surface area contributed by atoms with Crippen LogP contribution in [0.4, 0.5) is 0 Å². The Morgan fingerprint density at radius 2 is 2.23 bits per heavy atom. The van der Waals surface area contributed by atoms with Gasteiger partial charge < -0.3 is 10.1 Å². The molecule has 1 amide bonds. The van der Waals surface area contributed by atoms with Gasteiger partial charge in [-0.2, -0.15) is 11.8 Å². The number of carbonyl (C=O) groups is 1. The van der Waals surface area contributed by atoms with Crippen LogP contribution in [0.15, 0.2) is 0 Å². The summed E-state index contributed by atoms with van der Waals surface area (Å²) in [7, 11) is 0. The van der Waals surface area contributed by atoms with Gasteiger partial charge in [0.05, 0.1) is 25.2 Å². The fourth-order valence-electron chi connectivity index (χ4n) is 1.39. The van der Waals surface area contributed by atoms with E-state index in [1.165, 1.54) is 0 Å². The van der Waals surface area contributed by atoms with Crippen LogP contribution in [0.5, 0.6) is 0 Å². The first-order valence-corrected chi connectivity index (χ1v) is 5.60. The summed E-state index contributed by atoms with van der Waals surface area (Å²) < 4.78 is 5.20. The Bertz CT molecular complexity index is 226. The Kier molecular flexibility index (Phi) is 2.28. The van der Waals surface area contributed by atoms with E-state index in [4.69, 9.17) is 4.74 Å². The number of amides is 1. The summed E-state index contributed by atoms with van der Waals surface area (Å²) in [5, 5.41) is 3.07. The zero-order valence-corrected chi connectivity index (χ0v) is 8.82. The van der Waals surface area contributed by atoms with Crippen molar-refractivity contribution in [2.45, 2.75) is 24.6 Å². The van der Waals surface area contributed by atoms with E-state index in [9.17, 15) is 4.79 Å². The van der Waals surface area contributed by atoms with Gasteiger partial charge in [-0.15, -0.1) is 0 Å². The SMILES string of the molecule is CC1(C)SCC1NC(=O)C1COC1. The molecule has 0 radical (unpaired) electrons. The molecule has 0 aromatic rings. The second-order valence-corrected chi connectivity index (χ2v) is 5.88. The molecule has 2 aliphatic heterocycles. The van der Waals surface area contributed by atoms with Crippen molar-refractivity contribution in [3.8, 4) is 0 Å². The summed E-state index contributed by atoms with van der Waals surface area (Å²) in [6.07, 6.45) is 0. The van der Waals surface area contributed by atoms with Crippen molar-refractivity contribution >= 4 is 17.7 Å². The van der Waals surface area contributed by atoms with Crippen LogP contribution in [-0.4, -0.2) is 35.7 Å². The number of hydrogen-bond acceptors (Lipinski definition) is 3. The summed E-state index contributed by atoms with van der Waals surface area (Å²) in [4.78, 5) is 11.5. The van der Waals surface area contributed by atoms with Crippen molar-refractivity contribution in [2.24, 2.45) is 5.92 Å². The van der Waals surface area contributed by atoms with E-state index in [1.54, 1.807) is 0 Å². The topological polar surface area (TPSA) is 38.3 Å². The Labute approximate surface area is 82.6 Å². The summed E-state index contributed by atoms with van der Waals surface area (Å²) >= 11 is 1.90. The number of rotatable bonds is 2. The monoisotopic (exact) mass is 201 g/mol. The average Bonchev–Trinajstić information content (AvgIpc) is 1.95. The molecule has 2 saturated heterocycles. The third kappa shape index (κ3) is 1.70. The maximum absolute atomic E-state index is 11.5. The summed E-state index contributed by atoms with van der Waals surface area (Å²) in [6.45, 7) is 5.55. The standard InChI is InChI=1S/C9H15NO2S/c1-9(2)7(5-13-9)10-8(11)6-3-12-4-6/h6-7H,3-5H2,1-2H3,(H,10,11). The predicted molar refractivity (Wildman–Crippen MR) is 52.8 cm³/mol. The van der Waals surface area contributed by atoms with Gasteiger partial charge in [0.15, 0.2) is 0 Å². The third-order valence-corrected chi connectivity index (χ3v) is 4.32. The first-order chi connectivity index (χ1) is 6.09. The van der Waals surface area contributed by atoms with Crippen LogP contribution in [0.3, 0.4) is 0 Å². The average molecular weight is 201 g/mol. The molecule has 0 spiro atoms. The minimum atomic E-state index is 0.112. The number of carbonyl (C=O) groups excluding carboxylic acids is 1. The Morgan fingerprint density at radius 3 is 2.54 bits per heavy atom. The van der Waals surface area contributed by atoms with Gasteiger partial charge in [-0.25, -0.2) is 0 Å². The molecule has 1 N–H and O–H groups in total. The highest BCUT2D eigenvalue weighted by atomic mass is 32.2. The van der Waals surface area contributed by atoms with Crippen molar-refractivity contribution in [3.63, 3.8) is 0 Å². The van der Waals surface area contributed by atoms with E-state index in [1.807, 2.05) is 11.8 Å². The zero-order chi connectivity index (χ0) is 9.47. The molecule has 0 aromatic carbocycles. The smallest absolute Gasteiger partial charge is 0.228 e. The maximum atomic E-state index is 11.5. The second kappa shape index (κ2) is 3.17. The highest BCUT2D eigenvalue weighted by molar-refractivity contribution is 8.02. The molecule has 13 heavy (non-hydrogen) atoms. The lowest BCUT2D eigenvalue weighted by molar-refractivity contribution is -0.139. The van der Waals surface area contributed by atoms with Gasteiger partial charge in [0.2, 0.25) is 5.91 Å². The molecule has 1 unspecified atom stereocenters. The molecule has 0 aliphatic carbocycles. The lowest BCUT2D eigenvalue weighted by atomic mass is 10.0. The van der Waals surface area contributed by atoms with E-state index < -0.39 is 0 Å². The van der Waals surface area contributed by atoms with Crippen LogP contribution in [-0.2, 0) is 9.53 Å². The first kappa shape index (κ1) is 9.34. The van der Waals surface area contributed by atoms with E-state index in [-0.39, 0.29) is 16.6 Å². The second-order valence-electron chi connectivity index (χ2n) is 4.21. The molecule has 0 aromatic heterocycles. The molecule has 3 nitrogen and oxygen atoms in total. The summed E-state index contributed by atoms with van der Waals surface area (Å²) in [6, 6.07) is 0.352. The molecular formula is C9H15NO2S. The summed E-state index contributed by atoms with van der Waals surface area (Å²) in [5.41, 5.74) is 0. The van der Waals surface area contributed by atoms with Gasteiger partial charge in [0.1, 0.15) is 0 Å². The van der Waals surface area contributed by atoms with Crippen molar-refractivity contribution in [3.05, 3.63) is 0 Å². The molecule has 2 rings (SSSR count). The van der Waals surface area contributed by atoms with Gasteiger partial charge in [-0.3, -0.25) is 4.79 Å². The van der Waals surface area contributed by atoms with Gasteiger partial charge >= 0.3 is 0 Å². The number of thioether (sulfide) groups is 1. The molecule has 2 aliphatic rings. The van der Waals surface area contributed by atoms with Gasteiger partial charge in [0.25, 0.3) is 0 Å². The molecule has 2 fully saturated rings. The molecule has 4 heteroatoms. The molecule has 2 heterocycles. The predicted octanol–water partition coefficient (Wildman–Crippen LogP) is 0.643. The number of nitrogens with one attached hydrogen (secondary N) is 1. The fraction of sp³-hybridized carbons (Fsp3) is 0.889. The highest BCUT2D eigenvalue weighted by Crippen LogP contribution is 2.40. The van der Waals surface area contributed by atoms with Crippen molar-refractivity contribution in [1.29, 1.82) is 0 Å². The Morgan fingerprint density at radius 1 is 1.54 bits per heavy atom. The van der Waals surface area contributed by atoms with Crippen LogP contribution in [0.1, 0.15) is 13.8 Å². The lowest BCUT2D eigenvalue weighted by Gasteiger charge is -2.44. The normalized spacial score (nSPS) is 31.7. The number of ether oxygens (including phenoxy) is 1. The molecular weight excluding hydrogens is 186 g/mol. The third-order valence-electron chi connectivity index (χ3n) is 2.79. The van der Waals surface area contributed by atoms with Crippen molar-refractivity contribution < 1.29 is 9.53 Å². The highest BCUT2D eigenvalue weighted by Gasteiger charge is 2.41. The van der Waals surface area contributed by atoms with E-state index in [2.05, 4.69) is 19.2 Å². The van der Waals surface area contributed by atoms with Gasteiger partial charge in [-0.05, 0) is 13.8 Å². The van der Waals surface area contributed by atoms with Crippen LogP contribution in [0, 0.1) is 5.92 Å². The number of hydrogen-bond donors (Lipinski definition) is 1. The minimum absolute atomic E-state index is 0.112. The first-order valence-electron chi connectivity index (χ1n) is 4.62. The molecule has 0 bridgehead atoms. The van der Waals surface area contributed by atoms with Gasteiger partial charge in [0, 0.05) is 10.5 Å². The quantitative estimate of drug-likeness (QED) is 0.712. The molecule has 74 valence electrons. The van der Waals surface area contributed by atoms with E-state index in [0.717, 1.165) is 5.75 Å². The Balaban J connectivity index is 1.80. The van der Waals surface area contributed by atoms with Crippen molar-refractivity contribution in [2.75, 3.05) is 19.0 Å². The zero-order valence-electron chi connectivity index (χ0n) is 8.00. The minimum Gasteiger partial charge on any atom is -0.380 e. The summed E-state index contributed by atoms with van der Waals surface area (Å²) in [5.74, 6) is 1.33. The van der Waals surface area contributed by atoms with Crippen LogP contribution >= 0.6 is 11.8 Å². The largest absolute Gasteiger partial charge is 0.380 e. The van der Waals surface area contributed by atoms with Crippen LogP contribution in [0.25, 0.3) is 0 Å². The molecule has 1 atom stereocenters. The van der Waals surface area contributed by atoms with E-state index in [0.29, 0.717) is 19.3 Å². The van der Waals surface area contributed by atoms with E-state index >= 15 is 0 Å². The lowest BCUT2D eigenvalue weighted by Crippen LogP contribution is -2.59. The maximum Gasteiger partial charge on any atom is 0.228 e. The van der Waals surface area contributed by atoms with Crippen LogP contribution in [0.2, 0.25) is 0 Å².